The van der Waals surface area contributed by atoms with E-state index in [0.717, 1.165) is 24.3 Å². The standard InChI is InChI=1S/C16H34N2/c1-6-13(3)10-16(7-2,12-17)18-9-8-14(4)15(5)11-18/h13-15H,6-12,17H2,1-5H3. The average molecular weight is 254 g/mol. The van der Waals surface area contributed by atoms with Gasteiger partial charge in [0.2, 0.25) is 0 Å². The zero-order valence-electron chi connectivity index (χ0n) is 13.2. The quantitative estimate of drug-likeness (QED) is 0.786. The number of hydrogen-bond donors (Lipinski definition) is 1. The minimum Gasteiger partial charge on any atom is -0.329 e. The van der Waals surface area contributed by atoms with E-state index in [-0.39, 0.29) is 5.54 Å². The third-order valence-corrected chi connectivity index (χ3v) is 5.47. The third kappa shape index (κ3) is 3.48. The molecule has 4 unspecified atom stereocenters. The van der Waals surface area contributed by atoms with Gasteiger partial charge in [-0.05, 0) is 43.6 Å². The fourth-order valence-electron chi connectivity index (χ4n) is 3.34. The Hall–Kier alpha value is -0.0800. The summed E-state index contributed by atoms with van der Waals surface area (Å²) >= 11 is 0. The predicted octanol–water partition coefficient (Wildman–Crippen LogP) is 3.51. The highest BCUT2D eigenvalue weighted by molar-refractivity contribution is 4.94. The van der Waals surface area contributed by atoms with Gasteiger partial charge in [-0.25, -0.2) is 0 Å². The Bertz CT molecular complexity index is 235. The Labute approximate surface area is 114 Å². The molecule has 0 bridgehead atoms. The minimum atomic E-state index is 0.254. The molecule has 1 rings (SSSR count). The maximum absolute atomic E-state index is 6.19. The second kappa shape index (κ2) is 6.91. The van der Waals surface area contributed by atoms with E-state index in [2.05, 4.69) is 39.5 Å². The van der Waals surface area contributed by atoms with Crippen LogP contribution in [0.4, 0.5) is 0 Å². The van der Waals surface area contributed by atoms with Gasteiger partial charge in [0.15, 0.2) is 0 Å². The van der Waals surface area contributed by atoms with Crippen molar-refractivity contribution in [3.8, 4) is 0 Å². The Morgan fingerprint density at radius 2 is 1.94 bits per heavy atom. The van der Waals surface area contributed by atoms with Crippen molar-refractivity contribution in [3.63, 3.8) is 0 Å². The molecule has 0 radical (unpaired) electrons. The molecule has 1 heterocycles. The van der Waals surface area contributed by atoms with E-state index >= 15 is 0 Å². The van der Waals surface area contributed by atoms with Crippen LogP contribution < -0.4 is 5.73 Å². The third-order valence-electron chi connectivity index (χ3n) is 5.47. The smallest absolute Gasteiger partial charge is 0.0331 e. The highest BCUT2D eigenvalue weighted by Crippen LogP contribution is 2.34. The van der Waals surface area contributed by atoms with Crippen LogP contribution in [0.1, 0.15) is 60.3 Å². The summed E-state index contributed by atoms with van der Waals surface area (Å²) in [6, 6.07) is 0. The number of rotatable bonds is 6. The molecule has 108 valence electrons. The molecule has 0 aromatic carbocycles. The zero-order chi connectivity index (χ0) is 13.8. The average Bonchev–Trinajstić information content (AvgIpc) is 2.39. The zero-order valence-corrected chi connectivity index (χ0v) is 13.2. The first-order chi connectivity index (χ1) is 8.49. The molecule has 2 heteroatoms. The van der Waals surface area contributed by atoms with E-state index < -0.39 is 0 Å². The Morgan fingerprint density at radius 1 is 1.28 bits per heavy atom. The molecule has 4 atom stereocenters. The summed E-state index contributed by atoms with van der Waals surface area (Å²) in [7, 11) is 0. The molecular weight excluding hydrogens is 220 g/mol. The van der Waals surface area contributed by atoms with Gasteiger partial charge in [-0.2, -0.15) is 0 Å². The van der Waals surface area contributed by atoms with Crippen molar-refractivity contribution in [1.82, 2.24) is 4.90 Å². The second-order valence-corrected chi connectivity index (χ2v) is 6.69. The molecule has 0 aliphatic carbocycles. The lowest BCUT2D eigenvalue weighted by molar-refractivity contribution is 0.0132. The van der Waals surface area contributed by atoms with Crippen molar-refractivity contribution >= 4 is 0 Å². The van der Waals surface area contributed by atoms with Gasteiger partial charge >= 0.3 is 0 Å². The number of likely N-dealkylation sites (tertiary alicyclic amines) is 1. The fourth-order valence-corrected chi connectivity index (χ4v) is 3.34. The van der Waals surface area contributed by atoms with E-state index in [1.165, 1.54) is 38.8 Å². The Kier molecular flexibility index (Phi) is 6.13. The highest BCUT2D eigenvalue weighted by Gasteiger charge is 2.38. The molecule has 0 spiro atoms. The van der Waals surface area contributed by atoms with E-state index in [1.807, 2.05) is 0 Å². The maximum atomic E-state index is 6.19. The number of piperidine rings is 1. The van der Waals surface area contributed by atoms with E-state index in [4.69, 9.17) is 5.73 Å². The summed E-state index contributed by atoms with van der Waals surface area (Å²) in [4.78, 5) is 2.71. The fraction of sp³-hybridized carbons (Fsp3) is 1.00. The summed E-state index contributed by atoms with van der Waals surface area (Å²) in [6.07, 6.45) is 5.05. The molecule has 2 N–H and O–H groups in total. The van der Waals surface area contributed by atoms with Crippen molar-refractivity contribution in [1.29, 1.82) is 0 Å². The van der Waals surface area contributed by atoms with Crippen LogP contribution in [0, 0.1) is 17.8 Å². The molecule has 0 saturated carbocycles. The van der Waals surface area contributed by atoms with Crippen molar-refractivity contribution < 1.29 is 0 Å². The lowest BCUT2D eigenvalue weighted by Crippen LogP contribution is -2.58. The molecule has 0 amide bonds. The van der Waals surface area contributed by atoms with E-state index in [1.54, 1.807) is 0 Å². The first kappa shape index (κ1) is 16.0. The van der Waals surface area contributed by atoms with Gasteiger partial charge in [0, 0.05) is 18.6 Å². The van der Waals surface area contributed by atoms with Gasteiger partial charge in [0.25, 0.3) is 0 Å². The Balaban J connectivity index is 2.77. The topological polar surface area (TPSA) is 29.3 Å². The normalized spacial score (nSPS) is 31.0. The summed E-state index contributed by atoms with van der Waals surface area (Å²) in [5, 5.41) is 0. The lowest BCUT2D eigenvalue weighted by Gasteiger charge is -2.49. The molecular formula is C16H34N2. The Morgan fingerprint density at radius 3 is 2.39 bits per heavy atom. The molecule has 1 fully saturated rings. The molecule has 0 aromatic heterocycles. The van der Waals surface area contributed by atoms with Gasteiger partial charge in [0.1, 0.15) is 0 Å². The van der Waals surface area contributed by atoms with Crippen molar-refractivity contribution in [3.05, 3.63) is 0 Å². The SMILES string of the molecule is CCC(C)CC(CC)(CN)N1CCC(C)C(C)C1. The van der Waals surface area contributed by atoms with Gasteiger partial charge in [0.05, 0.1) is 0 Å². The van der Waals surface area contributed by atoms with E-state index in [9.17, 15) is 0 Å². The minimum absolute atomic E-state index is 0.254. The highest BCUT2D eigenvalue weighted by atomic mass is 15.2. The summed E-state index contributed by atoms with van der Waals surface area (Å²) < 4.78 is 0. The summed E-state index contributed by atoms with van der Waals surface area (Å²) in [5.41, 5.74) is 6.44. The van der Waals surface area contributed by atoms with E-state index in [0.29, 0.717) is 0 Å². The largest absolute Gasteiger partial charge is 0.329 e. The van der Waals surface area contributed by atoms with Crippen LogP contribution >= 0.6 is 0 Å². The van der Waals surface area contributed by atoms with Crippen LogP contribution in [-0.4, -0.2) is 30.1 Å². The molecule has 0 aromatic rings. The second-order valence-electron chi connectivity index (χ2n) is 6.69. The first-order valence-electron chi connectivity index (χ1n) is 7.94. The number of nitrogens with zero attached hydrogens (tertiary/aromatic N) is 1. The molecule has 2 nitrogen and oxygen atoms in total. The van der Waals surface area contributed by atoms with Crippen LogP contribution in [0.15, 0.2) is 0 Å². The summed E-state index contributed by atoms with van der Waals surface area (Å²) in [6.45, 7) is 15.1. The van der Waals surface area contributed by atoms with Crippen molar-refractivity contribution in [2.45, 2.75) is 65.8 Å². The number of nitrogens with two attached hydrogens (primary N) is 1. The van der Waals surface area contributed by atoms with Gasteiger partial charge in [-0.15, -0.1) is 0 Å². The molecule has 18 heavy (non-hydrogen) atoms. The van der Waals surface area contributed by atoms with Crippen LogP contribution in [-0.2, 0) is 0 Å². The molecule has 1 aliphatic rings. The van der Waals surface area contributed by atoms with Crippen LogP contribution in [0.3, 0.4) is 0 Å². The van der Waals surface area contributed by atoms with Gasteiger partial charge < -0.3 is 5.73 Å². The van der Waals surface area contributed by atoms with Gasteiger partial charge in [-0.1, -0.05) is 41.0 Å². The van der Waals surface area contributed by atoms with Crippen LogP contribution in [0.2, 0.25) is 0 Å². The molecule has 1 aliphatic heterocycles. The monoisotopic (exact) mass is 254 g/mol. The number of hydrogen-bond acceptors (Lipinski definition) is 2. The predicted molar refractivity (Wildman–Crippen MR) is 80.7 cm³/mol. The lowest BCUT2D eigenvalue weighted by atomic mass is 9.79. The first-order valence-corrected chi connectivity index (χ1v) is 7.94. The maximum Gasteiger partial charge on any atom is 0.0331 e. The van der Waals surface area contributed by atoms with Crippen LogP contribution in [0.25, 0.3) is 0 Å². The van der Waals surface area contributed by atoms with Gasteiger partial charge in [-0.3, -0.25) is 4.90 Å². The summed E-state index contributed by atoms with van der Waals surface area (Å²) in [5.74, 6) is 2.47. The molecule has 1 saturated heterocycles. The van der Waals surface area contributed by atoms with Crippen molar-refractivity contribution in [2.75, 3.05) is 19.6 Å². The van der Waals surface area contributed by atoms with Crippen LogP contribution in [0.5, 0.6) is 0 Å². The van der Waals surface area contributed by atoms with Crippen molar-refractivity contribution in [2.24, 2.45) is 23.5 Å².